The van der Waals surface area contributed by atoms with E-state index in [1.165, 1.54) is 41.2 Å². The van der Waals surface area contributed by atoms with Crippen LogP contribution in [0.4, 0.5) is 0 Å². The van der Waals surface area contributed by atoms with E-state index in [1.54, 1.807) is 0 Å². The molecule has 0 heteroatoms. The fourth-order valence-corrected chi connectivity index (χ4v) is 3.56. The van der Waals surface area contributed by atoms with Gasteiger partial charge in [-0.05, 0) is 59.1 Å². The smallest absolute Gasteiger partial charge is 0.0178 e. The van der Waals surface area contributed by atoms with Gasteiger partial charge in [-0.2, -0.15) is 0 Å². The largest absolute Gasteiger partial charge is 0.0805 e. The molecule has 1 fully saturated rings. The molecule has 0 aliphatic heterocycles. The molecule has 23 heavy (non-hydrogen) atoms. The molecular weight excluding hydrogens is 276 g/mol. The molecule has 0 aromatic heterocycles. The molecule has 3 aromatic carbocycles. The van der Waals surface area contributed by atoms with E-state index in [9.17, 15) is 0 Å². The van der Waals surface area contributed by atoms with Crippen LogP contribution in [0.5, 0.6) is 0 Å². The highest BCUT2D eigenvalue weighted by atomic mass is 14.3. The Kier molecular flexibility index (Phi) is 3.98. The van der Waals surface area contributed by atoms with Crippen LogP contribution in [-0.2, 0) is 6.42 Å². The second-order valence-corrected chi connectivity index (χ2v) is 6.66. The van der Waals surface area contributed by atoms with Crippen LogP contribution in [0.3, 0.4) is 0 Å². The first-order valence-electron chi connectivity index (χ1n) is 8.59. The van der Waals surface area contributed by atoms with E-state index in [0.717, 1.165) is 11.8 Å². The number of rotatable bonds is 4. The summed E-state index contributed by atoms with van der Waals surface area (Å²) in [7, 11) is 0. The molecule has 1 saturated carbocycles. The zero-order chi connectivity index (χ0) is 15.5. The molecule has 114 valence electrons. The van der Waals surface area contributed by atoms with Crippen molar-refractivity contribution in [3.63, 3.8) is 0 Å². The number of allylic oxidation sites excluding steroid dienone is 1. The van der Waals surface area contributed by atoms with Gasteiger partial charge in [0.25, 0.3) is 0 Å². The van der Waals surface area contributed by atoms with E-state index in [0.29, 0.717) is 0 Å². The molecule has 0 bridgehead atoms. The minimum atomic E-state index is 0.738. The number of hydrogen-bond donors (Lipinski definition) is 0. The second kappa shape index (κ2) is 6.42. The third kappa shape index (κ3) is 3.22. The van der Waals surface area contributed by atoms with Crippen molar-refractivity contribution in [2.24, 2.45) is 11.8 Å². The zero-order valence-electron chi connectivity index (χ0n) is 13.4. The maximum absolute atomic E-state index is 2.43. The van der Waals surface area contributed by atoms with Crippen molar-refractivity contribution in [1.82, 2.24) is 0 Å². The van der Waals surface area contributed by atoms with E-state index in [2.05, 4.69) is 84.9 Å². The monoisotopic (exact) mass is 298 g/mol. The summed E-state index contributed by atoms with van der Waals surface area (Å²) in [5.41, 5.74) is 2.79. The predicted octanol–water partition coefficient (Wildman–Crippen LogP) is 6.12. The third-order valence-electron chi connectivity index (χ3n) is 5.13. The van der Waals surface area contributed by atoms with E-state index >= 15 is 0 Å². The van der Waals surface area contributed by atoms with Crippen LogP contribution >= 0.6 is 0 Å². The lowest BCUT2D eigenvalue weighted by molar-refractivity contribution is 0.227. The normalized spacial score (nSPS) is 20.7. The summed E-state index contributed by atoms with van der Waals surface area (Å²) < 4.78 is 0. The Hall–Kier alpha value is -2.34. The fourth-order valence-electron chi connectivity index (χ4n) is 3.56. The summed E-state index contributed by atoms with van der Waals surface area (Å²) in [4.78, 5) is 0. The molecule has 0 saturated heterocycles. The SMILES string of the molecule is C(=CC1CCC1Cc1ccccc1)c1ccc2ccccc2c1. The zero-order valence-corrected chi connectivity index (χ0v) is 13.4. The lowest BCUT2D eigenvalue weighted by atomic mass is 9.70. The molecule has 1 aliphatic rings. The van der Waals surface area contributed by atoms with Crippen LogP contribution in [0, 0.1) is 11.8 Å². The molecule has 0 amide bonds. The average molecular weight is 298 g/mol. The summed E-state index contributed by atoms with van der Waals surface area (Å²) in [6.07, 6.45) is 8.66. The molecule has 0 heterocycles. The summed E-state index contributed by atoms with van der Waals surface area (Å²) in [5, 5.41) is 2.64. The molecule has 0 radical (unpaired) electrons. The maximum atomic E-state index is 2.43. The minimum absolute atomic E-state index is 0.738. The number of benzene rings is 3. The summed E-state index contributed by atoms with van der Waals surface area (Å²) in [6.45, 7) is 0. The first-order chi connectivity index (χ1) is 11.4. The molecular formula is C23H22. The Balaban J connectivity index is 1.45. The van der Waals surface area contributed by atoms with Gasteiger partial charge in [0.1, 0.15) is 0 Å². The van der Waals surface area contributed by atoms with Gasteiger partial charge in [-0.25, -0.2) is 0 Å². The number of fused-ring (bicyclic) bond motifs is 1. The first kappa shape index (κ1) is 14.3. The van der Waals surface area contributed by atoms with Crippen LogP contribution in [0.2, 0.25) is 0 Å². The van der Waals surface area contributed by atoms with Gasteiger partial charge < -0.3 is 0 Å². The maximum Gasteiger partial charge on any atom is -0.0178 e. The van der Waals surface area contributed by atoms with Gasteiger partial charge in [-0.1, -0.05) is 78.9 Å². The minimum Gasteiger partial charge on any atom is -0.0805 e. The summed E-state index contributed by atoms with van der Waals surface area (Å²) in [5.74, 6) is 1.55. The Morgan fingerprint density at radius 2 is 1.57 bits per heavy atom. The highest BCUT2D eigenvalue weighted by Crippen LogP contribution is 2.38. The average Bonchev–Trinajstić information content (AvgIpc) is 2.60. The van der Waals surface area contributed by atoms with Crippen LogP contribution in [0.1, 0.15) is 24.0 Å². The van der Waals surface area contributed by atoms with Crippen molar-refractivity contribution < 1.29 is 0 Å². The second-order valence-electron chi connectivity index (χ2n) is 6.66. The summed E-state index contributed by atoms with van der Waals surface area (Å²) in [6, 6.07) is 26.2. The number of hydrogen-bond acceptors (Lipinski definition) is 0. The molecule has 3 aromatic rings. The standard InChI is InChI=1S/C23H22/c1-2-6-18(7-3-1)16-23-15-14-21(23)13-11-19-10-12-20-8-4-5-9-22(20)17-19/h1-13,17,21,23H,14-16H2. The van der Waals surface area contributed by atoms with Crippen molar-refractivity contribution in [2.45, 2.75) is 19.3 Å². The van der Waals surface area contributed by atoms with Gasteiger partial charge in [0.05, 0.1) is 0 Å². The van der Waals surface area contributed by atoms with Gasteiger partial charge in [0.15, 0.2) is 0 Å². The Bertz CT molecular complexity index is 814. The lowest BCUT2D eigenvalue weighted by Gasteiger charge is -2.34. The lowest BCUT2D eigenvalue weighted by Crippen LogP contribution is -2.25. The first-order valence-corrected chi connectivity index (χ1v) is 8.59. The van der Waals surface area contributed by atoms with Gasteiger partial charge >= 0.3 is 0 Å². The summed E-state index contributed by atoms with van der Waals surface area (Å²) >= 11 is 0. The molecule has 0 nitrogen and oxygen atoms in total. The van der Waals surface area contributed by atoms with Crippen LogP contribution < -0.4 is 0 Å². The van der Waals surface area contributed by atoms with Crippen molar-refractivity contribution in [2.75, 3.05) is 0 Å². The Labute approximate surface area is 138 Å². The van der Waals surface area contributed by atoms with E-state index in [-0.39, 0.29) is 0 Å². The van der Waals surface area contributed by atoms with Crippen molar-refractivity contribution in [1.29, 1.82) is 0 Å². The van der Waals surface area contributed by atoms with Gasteiger partial charge in [0.2, 0.25) is 0 Å². The van der Waals surface area contributed by atoms with E-state index in [4.69, 9.17) is 0 Å². The van der Waals surface area contributed by atoms with Gasteiger partial charge in [0, 0.05) is 0 Å². The molecule has 1 aliphatic carbocycles. The topological polar surface area (TPSA) is 0 Å². The van der Waals surface area contributed by atoms with Crippen LogP contribution in [0.25, 0.3) is 16.8 Å². The fraction of sp³-hybridized carbons (Fsp3) is 0.217. The Morgan fingerprint density at radius 3 is 2.35 bits per heavy atom. The van der Waals surface area contributed by atoms with Gasteiger partial charge in [-0.3, -0.25) is 0 Å². The molecule has 2 unspecified atom stereocenters. The Morgan fingerprint density at radius 1 is 0.783 bits per heavy atom. The quantitative estimate of drug-likeness (QED) is 0.544. The molecule has 0 spiro atoms. The van der Waals surface area contributed by atoms with Crippen LogP contribution in [-0.4, -0.2) is 0 Å². The molecule has 2 atom stereocenters. The highest BCUT2D eigenvalue weighted by molar-refractivity contribution is 5.84. The molecule has 4 rings (SSSR count). The van der Waals surface area contributed by atoms with Crippen molar-refractivity contribution in [3.05, 3.63) is 90.0 Å². The highest BCUT2D eigenvalue weighted by Gasteiger charge is 2.28. The van der Waals surface area contributed by atoms with Crippen molar-refractivity contribution >= 4 is 16.8 Å². The molecule has 0 N–H and O–H groups in total. The van der Waals surface area contributed by atoms with Crippen LogP contribution in [0.15, 0.2) is 78.9 Å². The predicted molar refractivity (Wildman–Crippen MR) is 99.3 cm³/mol. The van der Waals surface area contributed by atoms with Gasteiger partial charge in [-0.15, -0.1) is 0 Å². The van der Waals surface area contributed by atoms with E-state index < -0.39 is 0 Å². The van der Waals surface area contributed by atoms with E-state index in [1.807, 2.05) is 0 Å². The third-order valence-corrected chi connectivity index (χ3v) is 5.13. The van der Waals surface area contributed by atoms with Crippen molar-refractivity contribution in [3.8, 4) is 0 Å².